The van der Waals surface area contributed by atoms with Gasteiger partial charge < -0.3 is 11.1 Å². The molecule has 0 fully saturated rings. The number of nitrogens with one attached hydrogen (secondary N) is 1. The highest BCUT2D eigenvalue weighted by Crippen LogP contribution is 2.01. The van der Waals surface area contributed by atoms with Gasteiger partial charge in [-0.1, -0.05) is 30.3 Å². The van der Waals surface area contributed by atoms with Gasteiger partial charge in [0, 0.05) is 18.9 Å². The van der Waals surface area contributed by atoms with Crippen molar-refractivity contribution in [2.45, 2.75) is 19.0 Å². The zero-order chi connectivity index (χ0) is 13.5. The van der Waals surface area contributed by atoms with Crippen LogP contribution in [0.2, 0.25) is 0 Å². The summed E-state index contributed by atoms with van der Waals surface area (Å²) in [5.74, 6) is -0.129. The van der Waals surface area contributed by atoms with Gasteiger partial charge in [-0.3, -0.25) is 9.48 Å². The Hall–Kier alpha value is -2.14. The van der Waals surface area contributed by atoms with Gasteiger partial charge in [-0.15, -0.1) is 0 Å². The number of carbonyl (C=O) groups is 1. The molecule has 1 atom stereocenters. The summed E-state index contributed by atoms with van der Waals surface area (Å²) >= 11 is 0. The molecule has 100 valence electrons. The highest BCUT2D eigenvalue weighted by molar-refractivity contribution is 5.81. The van der Waals surface area contributed by atoms with E-state index in [1.165, 1.54) is 0 Å². The van der Waals surface area contributed by atoms with E-state index in [4.69, 9.17) is 5.73 Å². The summed E-state index contributed by atoms with van der Waals surface area (Å²) < 4.78 is 1.77. The first kappa shape index (κ1) is 13.3. The lowest BCUT2D eigenvalue weighted by molar-refractivity contribution is -0.122. The maximum atomic E-state index is 11.8. The van der Waals surface area contributed by atoms with Crippen molar-refractivity contribution in [2.24, 2.45) is 5.73 Å². The monoisotopic (exact) mass is 258 g/mol. The fraction of sp³-hybridized carbons (Fsp3) is 0.286. The summed E-state index contributed by atoms with van der Waals surface area (Å²) in [5.41, 5.74) is 6.94. The number of hydrogen-bond donors (Lipinski definition) is 2. The molecule has 2 rings (SSSR count). The van der Waals surface area contributed by atoms with Crippen molar-refractivity contribution in [3.05, 3.63) is 54.4 Å². The van der Waals surface area contributed by atoms with E-state index in [-0.39, 0.29) is 5.91 Å². The Morgan fingerprint density at radius 3 is 2.79 bits per heavy atom. The van der Waals surface area contributed by atoms with Crippen molar-refractivity contribution in [3.63, 3.8) is 0 Å². The molecule has 5 heteroatoms. The number of rotatable bonds is 6. The number of aromatic nitrogens is 2. The van der Waals surface area contributed by atoms with Crippen LogP contribution in [0.4, 0.5) is 0 Å². The first-order valence-corrected chi connectivity index (χ1v) is 6.30. The van der Waals surface area contributed by atoms with E-state index in [1.807, 2.05) is 42.6 Å². The number of benzene rings is 1. The first-order chi connectivity index (χ1) is 9.25. The quantitative estimate of drug-likeness (QED) is 0.795. The van der Waals surface area contributed by atoms with Gasteiger partial charge in [0.2, 0.25) is 5.91 Å². The van der Waals surface area contributed by atoms with Crippen molar-refractivity contribution < 1.29 is 4.79 Å². The van der Waals surface area contributed by atoms with E-state index in [9.17, 15) is 4.79 Å². The Bertz CT molecular complexity index is 495. The molecule has 0 aliphatic heterocycles. The van der Waals surface area contributed by atoms with Crippen LogP contribution >= 0.6 is 0 Å². The lowest BCUT2D eigenvalue weighted by Crippen LogP contribution is -2.43. The molecule has 0 aliphatic carbocycles. The number of amides is 1. The second kappa shape index (κ2) is 6.70. The Balaban J connectivity index is 1.73. The lowest BCUT2D eigenvalue weighted by atomic mass is 10.1. The van der Waals surface area contributed by atoms with Crippen LogP contribution in [-0.4, -0.2) is 28.3 Å². The highest BCUT2D eigenvalue weighted by Gasteiger charge is 2.13. The average molecular weight is 258 g/mol. The zero-order valence-electron chi connectivity index (χ0n) is 10.7. The van der Waals surface area contributed by atoms with E-state index >= 15 is 0 Å². The summed E-state index contributed by atoms with van der Waals surface area (Å²) in [6.07, 6.45) is 4.12. The molecular weight excluding hydrogens is 240 g/mol. The molecule has 19 heavy (non-hydrogen) atoms. The number of nitrogens with zero attached hydrogens (tertiary/aromatic N) is 2. The topological polar surface area (TPSA) is 72.9 Å². The van der Waals surface area contributed by atoms with Crippen molar-refractivity contribution in [2.75, 3.05) is 6.54 Å². The Labute approximate surface area is 112 Å². The van der Waals surface area contributed by atoms with E-state index in [1.54, 1.807) is 10.9 Å². The van der Waals surface area contributed by atoms with Crippen molar-refractivity contribution in [1.82, 2.24) is 15.1 Å². The first-order valence-electron chi connectivity index (χ1n) is 6.30. The minimum Gasteiger partial charge on any atom is -0.353 e. The Morgan fingerprint density at radius 1 is 1.32 bits per heavy atom. The molecule has 5 nitrogen and oxygen atoms in total. The predicted molar refractivity (Wildman–Crippen MR) is 73.4 cm³/mol. The molecule has 0 saturated carbocycles. The minimum absolute atomic E-state index is 0.129. The van der Waals surface area contributed by atoms with Gasteiger partial charge in [-0.25, -0.2) is 0 Å². The normalized spacial score (nSPS) is 12.1. The number of nitrogens with two attached hydrogens (primary N) is 1. The van der Waals surface area contributed by atoms with Crippen LogP contribution in [0.15, 0.2) is 48.8 Å². The zero-order valence-corrected chi connectivity index (χ0v) is 10.7. The molecule has 3 N–H and O–H groups in total. The van der Waals surface area contributed by atoms with Crippen molar-refractivity contribution >= 4 is 5.91 Å². The van der Waals surface area contributed by atoms with Crippen LogP contribution in [-0.2, 0) is 17.8 Å². The maximum absolute atomic E-state index is 11.8. The summed E-state index contributed by atoms with van der Waals surface area (Å²) in [6, 6.07) is 11.1. The third kappa shape index (κ3) is 4.22. The smallest absolute Gasteiger partial charge is 0.237 e. The third-order valence-corrected chi connectivity index (χ3v) is 2.83. The summed E-state index contributed by atoms with van der Waals surface area (Å²) in [7, 11) is 0. The van der Waals surface area contributed by atoms with Crippen LogP contribution in [0.5, 0.6) is 0 Å². The van der Waals surface area contributed by atoms with E-state index < -0.39 is 6.04 Å². The molecule has 1 heterocycles. The van der Waals surface area contributed by atoms with Crippen molar-refractivity contribution in [1.29, 1.82) is 0 Å². The molecule has 0 aliphatic rings. The number of carbonyl (C=O) groups excluding carboxylic acids is 1. The molecule has 1 amide bonds. The van der Waals surface area contributed by atoms with Crippen LogP contribution in [0.1, 0.15) is 5.56 Å². The van der Waals surface area contributed by atoms with E-state index in [2.05, 4.69) is 10.4 Å². The van der Waals surface area contributed by atoms with Crippen LogP contribution < -0.4 is 11.1 Å². The number of hydrogen-bond acceptors (Lipinski definition) is 3. The largest absolute Gasteiger partial charge is 0.353 e. The summed E-state index contributed by atoms with van der Waals surface area (Å²) in [4.78, 5) is 11.8. The van der Waals surface area contributed by atoms with Gasteiger partial charge in [0.25, 0.3) is 0 Å². The maximum Gasteiger partial charge on any atom is 0.237 e. The van der Waals surface area contributed by atoms with E-state index in [0.29, 0.717) is 19.5 Å². The fourth-order valence-corrected chi connectivity index (χ4v) is 1.82. The molecule has 0 bridgehead atoms. The van der Waals surface area contributed by atoms with Gasteiger partial charge in [-0.2, -0.15) is 5.10 Å². The molecule has 0 radical (unpaired) electrons. The lowest BCUT2D eigenvalue weighted by Gasteiger charge is -2.12. The van der Waals surface area contributed by atoms with Crippen molar-refractivity contribution in [3.8, 4) is 0 Å². The van der Waals surface area contributed by atoms with Gasteiger partial charge in [0.1, 0.15) is 0 Å². The summed E-state index contributed by atoms with van der Waals surface area (Å²) in [5, 5.41) is 6.88. The molecule has 1 aromatic heterocycles. The highest BCUT2D eigenvalue weighted by atomic mass is 16.2. The van der Waals surface area contributed by atoms with Gasteiger partial charge in [-0.05, 0) is 18.1 Å². The average Bonchev–Trinajstić information content (AvgIpc) is 2.93. The second-order valence-electron chi connectivity index (χ2n) is 4.36. The van der Waals surface area contributed by atoms with Crippen LogP contribution in [0.25, 0.3) is 0 Å². The molecule has 0 spiro atoms. The standard InChI is InChI=1S/C14H18N4O/c15-13(11-12-5-2-1-3-6-12)14(19)16-8-10-18-9-4-7-17-18/h1-7,9,13H,8,10-11,15H2,(H,16,19). The molecule has 1 unspecified atom stereocenters. The Kier molecular flexibility index (Phi) is 4.69. The van der Waals surface area contributed by atoms with Gasteiger partial charge >= 0.3 is 0 Å². The molecular formula is C14H18N4O. The van der Waals surface area contributed by atoms with E-state index in [0.717, 1.165) is 5.56 Å². The molecule has 1 aromatic carbocycles. The third-order valence-electron chi connectivity index (χ3n) is 2.83. The second-order valence-corrected chi connectivity index (χ2v) is 4.36. The predicted octanol–water partition coefficient (Wildman–Crippen LogP) is 0.569. The Morgan fingerprint density at radius 2 is 2.11 bits per heavy atom. The molecule has 0 saturated heterocycles. The minimum atomic E-state index is -0.514. The SMILES string of the molecule is NC(Cc1ccccc1)C(=O)NCCn1cccn1. The van der Waals surface area contributed by atoms with Crippen LogP contribution in [0, 0.1) is 0 Å². The summed E-state index contributed by atoms with van der Waals surface area (Å²) in [6.45, 7) is 1.18. The van der Waals surface area contributed by atoms with Gasteiger partial charge in [0.15, 0.2) is 0 Å². The molecule has 2 aromatic rings. The van der Waals surface area contributed by atoms with Gasteiger partial charge in [0.05, 0.1) is 12.6 Å². The fourth-order valence-electron chi connectivity index (χ4n) is 1.82. The van der Waals surface area contributed by atoms with Crippen LogP contribution in [0.3, 0.4) is 0 Å².